The lowest BCUT2D eigenvalue weighted by Gasteiger charge is -2.36. The van der Waals surface area contributed by atoms with Gasteiger partial charge in [0.2, 0.25) is 5.91 Å². The maximum Gasteiger partial charge on any atom is 0.220 e. The highest BCUT2D eigenvalue weighted by atomic mass is 16.5. The number of nitrogens with one attached hydrogen (secondary N) is 1. The van der Waals surface area contributed by atoms with Crippen molar-refractivity contribution in [3.05, 3.63) is 0 Å². The highest BCUT2D eigenvalue weighted by Crippen LogP contribution is 2.38. The zero-order chi connectivity index (χ0) is 18.1. The SMILES string of the molecule is CCOC(C)(C)CCCNC(=O)CC(C)(CC)CC(C)(C)CN. The van der Waals surface area contributed by atoms with Crippen molar-refractivity contribution in [2.75, 3.05) is 19.7 Å². The van der Waals surface area contributed by atoms with Crippen LogP contribution in [0.25, 0.3) is 0 Å². The third kappa shape index (κ3) is 9.98. The molecule has 1 unspecified atom stereocenters. The second-order valence-electron chi connectivity index (χ2n) is 8.53. The average molecular weight is 329 g/mol. The third-order valence-corrected chi connectivity index (χ3v) is 4.71. The summed E-state index contributed by atoms with van der Waals surface area (Å²) >= 11 is 0. The van der Waals surface area contributed by atoms with Crippen molar-refractivity contribution in [3.8, 4) is 0 Å². The Morgan fingerprint density at radius 3 is 2.22 bits per heavy atom. The molecule has 0 saturated heterocycles. The maximum absolute atomic E-state index is 12.3. The molecular formula is C19H40N2O2. The summed E-state index contributed by atoms with van der Waals surface area (Å²) in [7, 11) is 0. The molecule has 138 valence electrons. The molecule has 0 rings (SSSR count). The molecule has 4 nitrogen and oxygen atoms in total. The van der Waals surface area contributed by atoms with Crippen molar-refractivity contribution in [1.29, 1.82) is 0 Å². The Morgan fingerprint density at radius 1 is 1.13 bits per heavy atom. The fourth-order valence-corrected chi connectivity index (χ4v) is 3.19. The summed E-state index contributed by atoms with van der Waals surface area (Å²) in [6, 6.07) is 0. The molecule has 0 bridgehead atoms. The van der Waals surface area contributed by atoms with Gasteiger partial charge in [-0.1, -0.05) is 34.1 Å². The van der Waals surface area contributed by atoms with E-state index in [0.717, 1.165) is 38.8 Å². The first-order valence-corrected chi connectivity index (χ1v) is 9.10. The summed E-state index contributed by atoms with van der Waals surface area (Å²) in [5, 5.41) is 3.07. The molecule has 3 N–H and O–H groups in total. The summed E-state index contributed by atoms with van der Waals surface area (Å²) in [4.78, 5) is 12.3. The van der Waals surface area contributed by atoms with Crippen LogP contribution in [0.2, 0.25) is 0 Å². The van der Waals surface area contributed by atoms with E-state index in [0.29, 0.717) is 13.0 Å². The van der Waals surface area contributed by atoms with Gasteiger partial charge in [-0.15, -0.1) is 0 Å². The number of rotatable bonds is 12. The monoisotopic (exact) mass is 328 g/mol. The lowest BCUT2D eigenvalue weighted by Crippen LogP contribution is -2.36. The predicted octanol–water partition coefficient (Wildman–Crippen LogP) is 3.88. The maximum atomic E-state index is 12.3. The van der Waals surface area contributed by atoms with Crippen LogP contribution in [0.4, 0.5) is 0 Å². The molecule has 1 amide bonds. The van der Waals surface area contributed by atoms with Gasteiger partial charge in [-0.3, -0.25) is 4.79 Å². The first-order chi connectivity index (χ1) is 10.5. The summed E-state index contributed by atoms with van der Waals surface area (Å²) < 4.78 is 5.68. The smallest absolute Gasteiger partial charge is 0.220 e. The molecule has 23 heavy (non-hydrogen) atoms. The molecule has 0 spiro atoms. The zero-order valence-electron chi connectivity index (χ0n) is 16.6. The fraction of sp³-hybridized carbons (Fsp3) is 0.947. The van der Waals surface area contributed by atoms with Gasteiger partial charge in [-0.2, -0.15) is 0 Å². The first-order valence-electron chi connectivity index (χ1n) is 9.10. The highest BCUT2D eigenvalue weighted by Gasteiger charge is 2.32. The van der Waals surface area contributed by atoms with Gasteiger partial charge in [-0.05, 0) is 57.4 Å². The second-order valence-corrected chi connectivity index (χ2v) is 8.53. The van der Waals surface area contributed by atoms with Gasteiger partial charge in [-0.25, -0.2) is 0 Å². The fourth-order valence-electron chi connectivity index (χ4n) is 3.19. The summed E-state index contributed by atoms with van der Waals surface area (Å²) in [6.07, 6.45) is 4.42. The van der Waals surface area contributed by atoms with E-state index in [4.69, 9.17) is 10.5 Å². The number of carbonyl (C=O) groups is 1. The molecule has 0 radical (unpaired) electrons. The van der Waals surface area contributed by atoms with Crippen molar-refractivity contribution in [2.24, 2.45) is 16.6 Å². The minimum absolute atomic E-state index is 0.0115. The van der Waals surface area contributed by atoms with E-state index in [9.17, 15) is 4.79 Å². The summed E-state index contributed by atoms with van der Waals surface area (Å²) in [6.45, 7) is 17.0. The van der Waals surface area contributed by atoms with E-state index in [-0.39, 0.29) is 22.3 Å². The van der Waals surface area contributed by atoms with Crippen molar-refractivity contribution in [2.45, 2.75) is 86.2 Å². The number of amides is 1. The number of carbonyl (C=O) groups excluding carboxylic acids is 1. The third-order valence-electron chi connectivity index (χ3n) is 4.71. The van der Waals surface area contributed by atoms with Crippen LogP contribution in [0.5, 0.6) is 0 Å². The number of ether oxygens (including phenoxy) is 1. The van der Waals surface area contributed by atoms with E-state index in [1.54, 1.807) is 0 Å². The Balaban J connectivity index is 4.26. The Kier molecular flexibility index (Phi) is 9.37. The Morgan fingerprint density at radius 2 is 1.74 bits per heavy atom. The minimum atomic E-state index is -0.109. The van der Waals surface area contributed by atoms with Crippen molar-refractivity contribution >= 4 is 5.91 Å². The molecule has 0 aliphatic heterocycles. The van der Waals surface area contributed by atoms with E-state index < -0.39 is 0 Å². The molecule has 0 heterocycles. The van der Waals surface area contributed by atoms with Crippen molar-refractivity contribution in [1.82, 2.24) is 5.32 Å². The Bertz CT molecular complexity index is 353. The average Bonchev–Trinajstić information content (AvgIpc) is 2.43. The topological polar surface area (TPSA) is 64.3 Å². The van der Waals surface area contributed by atoms with Crippen LogP contribution in [0.15, 0.2) is 0 Å². The molecule has 4 heteroatoms. The normalized spacial score (nSPS) is 15.3. The van der Waals surface area contributed by atoms with E-state index in [1.165, 1.54) is 0 Å². The van der Waals surface area contributed by atoms with Crippen LogP contribution in [0.1, 0.15) is 80.6 Å². The van der Waals surface area contributed by atoms with Crippen LogP contribution < -0.4 is 11.1 Å². The van der Waals surface area contributed by atoms with Gasteiger partial charge in [0.1, 0.15) is 0 Å². The zero-order valence-corrected chi connectivity index (χ0v) is 16.6. The standard InChI is InChI=1S/C19H40N2O2/c1-8-19(7,14-17(3,4)15-20)13-16(22)21-12-10-11-18(5,6)23-9-2/h8-15,20H2,1-7H3,(H,21,22). The second kappa shape index (κ2) is 9.63. The van der Waals surface area contributed by atoms with Crippen molar-refractivity contribution < 1.29 is 9.53 Å². The van der Waals surface area contributed by atoms with Crippen LogP contribution in [-0.2, 0) is 9.53 Å². The molecular weight excluding hydrogens is 288 g/mol. The molecule has 0 aromatic rings. The number of nitrogens with two attached hydrogens (primary N) is 1. The van der Waals surface area contributed by atoms with Gasteiger partial charge >= 0.3 is 0 Å². The molecule has 0 saturated carbocycles. The molecule has 0 aromatic heterocycles. The lowest BCUT2D eigenvalue weighted by atomic mass is 9.70. The van der Waals surface area contributed by atoms with Crippen molar-refractivity contribution in [3.63, 3.8) is 0 Å². The summed E-state index contributed by atoms with van der Waals surface area (Å²) in [5.41, 5.74) is 5.83. The largest absolute Gasteiger partial charge is 0.376 e. The van der Waals surface area contributed by atoms with Gasteiger partial charge in [0, 0.05) is 19.6 Å². The molecule has 0 fully saturated rings. The van der Waals surface area contributed by atoms with Crippen LogP contribution in [0.3, 0.4) is 0 Å². The van der Waals surface area contributed by atoms with Gasteiger partial charge in [0.15, 0.2) is 0 Å². The van der Waals surface area contributed by atoms with E-state index in [1.807, 2.05) is 6.92 Å². The Labute approximate surface area is 143 Å². The molecule has 0 aromatic carbocycles. The predicted molar refractivity (Wildman–Crippen MR) is 98.4 cm³/mol. The van der Waals surface area contributed by atoms with E-state index in [2.05, 4.69) is 46.9 Å². The van der Waals surface area contributed by atoms with Crippen LogP contribution >= 0.6 is 0 Å². The summed E-state index contributed by atoms with van der Waals surface area (Å²) in [5.74, 6) is 0.149. The number of hydrogen-bond acceptors (Lipinski definition) is 3. The van der Waals surface area contributed by atoms with Crippen LogP contribution in [-0.4, -0.2) is 31.2 Å². The molecule has 1 atom stereocenters. The highest BCUT2D eigenvalue weighted by molar-refractivity contribution is 5.76. The Hall–Kier alpha value is -0.610. The quantitative estimate of drug-likeness (QED) is 0.534. The van der Waals surface area contributed by atoms with Crippen LogP contribution in [0, 0.1) is 10.8 Å². The van der Waals surface area contributed by atoms with Gasteiger partial charge < -0.3 is 15.8 Å². The lowest BCUT2D eigenvalue weighted by molar-refractivity contribution is -0.123. The van der Waals surface area contributed by atoms with Gasteiger partial charge in [0.25, 0.3) is 0 Å². The molecule has 0 aliphatic rings. The van der Waals surface area contributed by atoms with Gasteiger partial charge in [0.05, 0.1) is 5.60 Å². The van der Waals surface area contributed by atoms with E-state index >= 15 is 0 Å². The minimum Gasteiger partial charge on any atom is -0.376 e. The molecule has 0 aliphatic carbocycles. The number of hydrogen-bond donors (Lipinski definition) is 2. The first kappa shape index (κ1) is 22.4.